The van der Waals surface area contributed by atoms with E-state index in [0.29, 0.717) is 30.2 Å². The number of unbranched alkanes of at least 4 members (excludes halogenated alkanes) is 1. The summed E-state index contributed by atoms with van der Waals surface area (Å²) in [7, 11) is 0. The van der Waals surface area contributed by atoms with Crippen molar-refractivity contribution in [2.45, 2.75) is 38.1 Å². The molecule has 2 rings (SSSR count). The summed E-state index contributed by atoms with van der Waals surface area (Å²) in [6.07, 6.45) is 3.27. The van der Waals surface area contributed by atoms with Crippen molar-refractivity contribution in [3.05, 3.63) is 53.1 Å². The number of hydrogen-bond donors (Lipinski definition) is 3. The number of aliphatic hydroxyl groups is 2. The molecule has 4 N–H and O–H groups in total. The lowest BCUT2D eigenvalue weighted by molar-refractivity contribution is 0.115. The molecule has 2 aromatic rings. The van der Waals surface area contributed by atoms with Crippen LogP contribution in [0.1, 0.15) is 31.7 Å². The van der Waals surface area contributed by atoms with Crippen molar-refractivity contribution >= 4 is 11.6 Å². The summed E-state index contributed by atoms with van der Waals surface area (Å²) in [6.45, 7) is 2.31. The highest BCUT2D eigenvalue weighted by atomic mass is 35.5. The van der Waals surface area contributed by atoms with Gasteiger partial charge in [-0.25, -0.2) is 0 Å². The van der Waals surface area contributed by atoms with Gasteiger partial charge in [-0.15, -0.1) is 0 Å². The molecule has 0 spiro atoms. The Kier molecular flexibility index (Phi) is 7.91. The zero-order chi connectivity index (χ0) is 19.0. The smallest absolute Gasteiger partial charge is 0.137 e. The molecule has 0 atom stereocenters. The van der Waals surface area contributed by atoms with E-state index >= 15 is 0 Å². The summed E-state index contributed by atoms with van der Waals surface area (Å²) >= 11 is 6.36. The predicted molar refractivity (Wildman–Crippen MR) is 107 cm³/mol. The van der Waals surface area contributed by atoms with Crippen molar-refractivity contribution in [1.82, 2.24) is 0 Å². The molecule has 0 aliphatic heterocycles. The summed E-state index contributed by atoms with van der Waals surface area (Å²) < 4.78 is 5.70. The Bertz CT molecular complexity index is 701. The Morgan fingerprint density at radius 2 is 1.81 bits per heavy atom. The largest absolute Gasteiger partial charge is 0.492 e. The Morgan fingerprint density at radius 3 is 2.46 bits per heavy atom. The summed E-state index contributed by atoms with van der Waals surface area (Å²) in [5, 5.41) is 19.2. The molecule has 0 saturated heterocycles. The maximum absolute atomic E-state index is 9.32. The summed E-state index contributed by atoms with van der Waals surface area (Å²) in [5.74, 6) is 0.707. The minimum atomic E-state index is -0.948. The number of aryl methyl sites for hydroxylation is 1. The third-order valence-electron chi connectivity index (χ3n) is 4.49. The molecule has 0 radical (unpaired) electrons. The number of nitrogens with two attached hydrogens (primary N) is 1. The summed E-state index contributed by atoms with van der Waals surface area (Å²) in [4.78, 5) is 0. The first-order valence-electron chi connectivity index (χ1n) is 9.03. The van der Waals surface area contributed by atoms with E-state index in [0.717, 1.165) is 29.5 Å². The van der Waals surface area contributed by atoms with Crippen LogP contribution in [0.15, 0.2) is 42.5 Å². The van der Waals surface area contributed by atoms with Crippen LogP contribution in [-0.2, 0) is 6.42 Å². The van der Waals surface area contributed by atoms with E-state index in [2.05, 4.69) is 13.0 Å². The first-order chi connectivity index (χ1) is 12.5. The summed E-state index contributed by atoms with van der Waals surface area (Å²) in [5.41, 5.74) is 8.17. The average molecular weight is 378 g/mol. The van der Waals surface area contributed by atoms with Gasteiger partial charge in [0.25, 0.3) is 0 Å². The van der Waals surface area contributed by atoms with Gasteiger partial charge < -0.3 is 20.7 Å². The van der Waals surface area contributed by atoms with Crippen molar-refractivity contribution in [3.8, 4) is 16.9 Å². The van der Waals surface area contributed by atoms with E-state index in [1.54, 1.807) is 0 Å². The fraction of sp³-hybridized carbons (Fsp3) is 0.429. The highest BCUT2D eigenvalue weighted by molar-refractivity contribution is 6.32. The number of hydrogen-bond acceptors (Lipinski definition) is 4. The second kappa shape index (κ2) is 9.93. The molecule has 0 saturated carbocycles. The standard InChI is InChI=1S/C21H28ClNO3/c1-2-3-11-26-20-8-7-18(13-19(20)22)17-6-4-5-16(12-17)9-10-21(23,14-24)15-25/h4-8,12-13,24-25H,2-3,9-11,14-15,23H2,1H3. The van der Waals surface area contributed by atoms with Crippen LogP contribution in [-0.4, -0.2) is 35.6 Å². The maximum atomic E-state index is 9.32. The molecule has 142 valence electrons. The minimum Gasteiger partial charge on any atom is -0.492 e. The predicted octanol–water partition coefficient (Wildman–Crippen LogP) is 3.80. The van der Waals surface area contributed by atoms with Crippen molar-refractivity contribution in [2.75, 3.05) is 19.8 Å². The molecule has 5 heteroatoms. The monoisotopic (exact) mass is 377 g/mol. The number of rotatable bonds is 10. The average Bonchev–Trinajstić information content (AvgIpc) is 2.67. The molecular weight excluding hydrogens is 350 g/mol. The molecule has 0 bridgehead atoms. The zero-order valence-corrected chi connectivity index (χ0v) is 16.0. The lowest BCUT2D eigenvalue weighted by Gasteiger charge is -2.24. The number of ether oxygens (including phenoxy) is 1. The van der Waals surface area contributed by atoms with E-state index in [4.69, 9.17) is 22.1 Å². The topological polar surface area (TPSA) is 75.7 Å². The molecule has 0 unspecified atom stereocenters. The lowest BCUT2D eigenvalue weighted by atomic mass is 9.93. The van der Waals surface area contributed by atoms with Crippen LogP contribution in [0.2, 0.25) is 5.02 Å². The van der Waals surface area contributed by atoms with E-state index in [1.807, 2.05) is 36.4 Å². The van der Waals surface area contributed by atoms with Crippen LogP contribution in [0.5, 0.6) is 5.75 Å². The third-order valence-corrected chi connectivity index (χ3v) is 4.78. The Balaban J connectivity index is 2.10. The fourth-order valence-corrected chi connectivity index (χ4v) is 2.87. The van der Waals surface area contributed by atoms with E-state index < -0.39 is 5.54 Å². The van der Waals surface area contributed by atoms with E-state index in [9.17, 15) is 10.2 Å². The maximum Gasteiger partial charge on any atom is 0.137 e. The van der Waals surface area contributed by atoms with Gasteiger partial charge in [0, 0.05) is 0 Å². The molecule has 0 amide bonds. The van der Waals surface area contributed by atoms with Gasteiger partial charge in [-0.3, -0.25) is 0 Å². The molecule has 2 aromatic carbocycles. The van der Waals surface area contributed by atoms with Crippen LogP contribution in [0.25, 0.3) is 11.1 Å². The molecule has 0 fully saturated rings. The van der Waals surface area contributed by atoms with Crippen LogP contribution < -0.4 is 10.5 Å². The normalized spacial score (nSPS) is 11.6. The highest BCUT2D eigenvalue weighted by Gasteiger charge is 2.22. The molecule has 4 nitrogen and oxygen atoms in total. The number of aliphatic hydroxyl groups excluding tert-OH is 2. The Morgan fingerprint density at radius 1 is 1.08 bits per heavy atom. The van der Waals surface area contributed by atoms with Gasteiger partial charge in [0.1, 0.15) is 5.75 Å². The molecule has 26 heavy (non-hydrogen) atoms. The van der Waals surface area contributed by atoms with E-state index in [-0.39, 0.29) is 13.2 Å². The SMILES string of the molecule is CCCCOc1ccc(-c2cccc(CCC(N)(CO)CO)c2)cc1Cl. The first-order valence-corrected chi connectivity index (χ1v) is 9.41. The van der Waals surface area contributed by atoms with Gasteiger partial charge in [-0.1, -0.05) is 55.3 Å². The summed E-state index contributed by atoms with van der Waals surface area (Å²) in [6, 6.07) is 13.9. The third kappa shape index (κ3) is 5.71. The second-order valence-corrected chi connectivity index (χ2v) is 7.13. The lowest BCUT2D eigenvalue weighted by Crippen LogP contribution is -2.47. The molecule has 0 aliphatic rings. The number of benzene rings is 2. The van der Waals surface area contributed by atoms with Crippen LogP contribution >= 0.6 is 11.6 Å². The van der Waals surface area contributed by atoms with Crippen LogP contribution in [0.4, 0.5) is 0 Å². The first kappa shape index (κ1) is 20.7. The van der Waals surface area contributed by atoms with Crippen molar-refractivity contribution in [1.29, 1.82) is 0 Å². The Labute approximate surface area is 160 Å². The molecule has 0 heterocycles. The van der Waals surface area contributed by atoms with Crippen LogP contribution in [0.3, 0.4) is 0 Å². The van der Waals surface area contributed by atoms with Gasteiger partial charge in [0.05, 0.1) is 30.4 Å². The minimum absolute atomic E-state index is 0.238. The zero-order valence-electron chi connectivity index (χ0n) is 15.2. The Hall–Kier alpha value is -1.59. The second-order valence-electron chi connectivity index (χ2n) is 6.73. The van der Waals surface area contributed by atoms with E-state index in [1.165, 1.54) is 0 Å². The van der Waals surface area contributed by atoms with Crippen LogP contribution in [0, 0.1) is 0 Å². The molecular formula is C21H28ClNO3. The quantitative estimate of drug-likeness (QED) is 0.550. The van der Waals surface area contributed by atoms with Crippen molar-refractivity contribution in [2.24, 2.45) is 5.73 Å². The molecule has 0 aromatic heterocycles. The highest BCUT2D eigenvalue weighted by Crippen LogP contribution is 2.31. The molecule has 0 aliphatic carbocycles. The fourth-order valence-electron chi connectivity index (χ4n) is 2.63. The van der Waals surface area contributed by atoms with Gasteiger partial charge in [-0.05, 0) is 48.1 Å². The van der Waals surface area contributed by atoms with Crippen molar-refractivity contribution < 1.29 is 14.9 Å². The van der Waals surface area contributed by atoms with Gasteiger partial charge >= 0.3 is 0 Å². The van der Waals surface area contributed by atoms with Gasteiger partial charge in [0.15, 0.2) is 0 Å². The van der Waals surface area contributed by atoms with Gasteiger partial charge in [-0.2, -0.15) is 0 Å². The number of halogens is 1. The van der Waals surface area contributed by atoms with Crippen molar-refractivity contribution in [3.63, 3.8) is 0 Å². The van der Waals surface area contributed by atoms with Gasteiger partial charge in [0.2, 0.25) is 0 Å².